The van der Waals surface area contributed by atoms with Crippen molar-refractivity contribution in [1.29, 1.82) is 0 Å². The summed E-state index contributed by atoms with van der Waals surface area (Å²) in [5, 5.41) is 3.42. The van der Waals surface area contributed by atoms with Crippen molar-refractivity contribution in [2.24, 2.45) is 0 Å². The lowest BCUT2D eigenvalue weighted by atomic mass is 10.1. The molecule has 194 valence electrons. The molecule has 0 unspecified atom stereocenters. The van der Waals surface area contributed by atoms with E-state index in [1.165, 1.54) is 32.4 Å². The minimum atomic E-state index is 0.0154. The summed E-state index contributed by atoms with van der Waals surface area (Å²) in [6.45, 7) is 10.1. The van der Waals surface area contributed by atoms with E-state index >= 15 is 0 Å². The molecule has 1 aliphatic heterocycles. The Bertz CT molecular complexity index is 1080. The van der Waals surface area contributed by atoms with Gasteiger partial charge in [0, 0.05) is 25.8 Å². The molecule has 3 aromatic heterocycles. The molecular formula is C28H41N7O. The molecule has 36 heavy (non-hydrogen) atoms. The fourth-order valence-corrected chi connectivity index (χ4v) is 4.80. The van der Waals surface area contributed by atoms with Gasteiger partial charge in [0.15, 0.2) is 5.65 Å². The summed E-state index contributed by atoms with van der Waals surface area (Å²) >= 11 is 0. The molecule has 0 bridgehead atoms. The molecular weight excluding hydrogens is 450 g/mol. The second-order valence-corrected chi connectivity index (χ2v) is 9.75. The summed E-state index contributed by atoms with van der Waals surface area (Å²) in [6.07, 6.45) is 12.6. The molecule has 8 heteroatoms. The molecule has 4 rings (SSSR count). The summed E-state index contributed by atoms with van der Waals surface area (Å²) in [6, 6.07) is 7.64. The molecule has 0 saturated carbocycles. The number of amides is 1. The predicted octanol–water partition coefficient (Wildman–Crippen LogP) is 5.49. The van der Waals surface area contributed by atoms with Crippen LogP contribution in [0.5, 0.6) is 0 Å². The molecule has 0 radical (unpaired) electrons. The number of aromatic nitrogens is 4. The SMILES string of the molecule is CCCCN(CCCC)C(=O)c1ccc2nc(Nc3cccnc3)n(CCCN3CCCCC3)c2n1. The van der Waals surface area contributed by atoms with Crippen molar-refractivity contribution in [2.75, 3.05) is 38.0 Å². The number of nitrogens with zero attached hydrogens (tertiary/aromatic N) is 6. The normalized spacial score (nSPS) is 14.3. The number of likely N-dealkylation sites (tertiary alicyclic amines) is 1. The van der Waals surface area contributed by atoms with Gasteiger partial charge in [-0.15, -0.1) is 0 Å². The molecule has 1 N–H and O–H groups in total. The Morgan fingerprint density at radius 3 is 2.44 bits per heavy atom. The van der Waals surface area contributed by atoms with Crippen LogP contribution in [0.3, 0.4) is 0 Å². The summed E-state index contributed by atoms with van der Waals surface area (Å²) in [7, 11) is 0. The molecule has 0 aromatic carbocycles. The molecule has 1 amide bonds. The Labute approximate surface area is 215 Å². The van der Waals surface area contributed by atoms with Crippen LogP contribution in [0.2, 0.25) is 0 Å². The fourth-order valence-electron chi connectivity index (χ4n) is 4.80. The van der Waals surface area contributed by atoms with Crippen molar-refractivity contribution < 1.29 is 4.79 Å². The van der Waals surface area contributed by atoms with Crippen LogP contribution in [0.4, 0.5) is 11.6 Å². The zero-order valence-corrected chi connectivity index (χ0v) is 22.0. The lowest BCUT2D eigenvalue weighted by molar-refractivity contribution is 0.0745. The van der Waals surface area contributed by atoms with Gasteiger partial charge in [-0.25, -0.2) is 9.97 Å². The number of unbranched alkanes of at least 4 members (excludes halogenated alkanes) is 2. The topological polar surface area (TPSA) is 79.2 Å². The Morgan fingerprint density at radius 1 is 0.972 bits per heavy atom. The maximum atomic E-state index is 13.4. The van der Waals surface area contributed by atoms with E-state index in [-0.39, 0.29) is 5.91 Å². The van der Waals surface area contributed by atoms with Gasteiger partial charge in [-0.2, -0.15) is 0 Å². The van der Waals surface area contributed by atoms with Crippen molar-refractivity contribution in [1.82, 2.24) is 29.3 Å². The minimum absolute atomic E-state index is 0.0154. The van der Waals surface area contributed by atoms with Crippen molar-refractivity contribution >= 4 is 28.7 Å². The second-order valence-electron chi connectivity index (χ2n) is 9.75. The summed E-state index contributed by atoms with van der Waals surface area (Å²) in [4.78, 5) is 31.9. The van der Waals surface area contributed by atoms with Gasteiger partial charge in [0.1, 0.15) is 11.2 Å². The number of nitrogens with one attached hydrogen (secondary N) is 1. The van der Waals surface area contributed by atoms with Crippen molar-refractivity contribution in [3.05, 3.63) is 42.4 Å². The van der Waals surface area contributed by atoms with Crippen LogP contribution in [0.25, 0.3) is 11.2 Å². The molecule has 4 heterocycles. The molecule has 1 aliphatic rings. The molecule has 8 nitrogen and oxygen atoms in total. The lowest BCUT2D eigenvalue weighted by Gasteiger charge is -2.26. The quantitative estimate of drug-likeness (QED) is 0.341. The largest absolute Gasteiger partial charge is 0.337 e. The van der Waals surface area contributed by atoms with Gasteiger partial charge in [0.2, 0.25) is 5.95 Å². The van der Waals surface area contributed by atoms with E-state index in [1.54, 1.807) is 12.4 Å². The standard InChI is InChI=1S/C28H41N7O/c1-3-5-19-34(20-6-4-2)27(36)25-14-13-24-26(31-25)35(21-11-18-33-16-8-7-9-17-33)28(32-24)30-23-12-10-15-29-22-23/h10,12-15,22H,3-9,11,16-21H2,1-2H3,(H,30,32). The first-order valence-electron chi connectivity index (χ1n) is 13.8. The van der Waals surface area contributed by atoms with E-state index in [4.69, 9.17) is 9.97 Å². The van der Waals surface area contributed by atoms with Crippen LogP contribution in [0.15, 0.2) is 36.7 Å². The number of anilines is 2. The van der Waals surface area contributed by atoms with Gasteiger partial charge < -0.3 is 15.1 Å². The van der Waals surface area contributed by atoms with Gasteiger partial charge in [-0.1, -0.05) is 33.1 Å². The van der Waals surface area contributed by atoms with Crippen LogP contribution in [-0.4, -0.2) is 67.9 Å². The van der Waals surface area contributed by atoms with Crippen LogP contribution >= 0.6 is 0 Å². The van der Waals surface area contributed by atoms with Gasteiger partial charge in [-0.3, -0.25) is 14.3 Å². The first kappa shape index (κ1) is 26.1. The monoisotopic (exact) mass is 491 g/mol. The molecule has 1 fully saturated rings. The third kappa shape index (κ3) is 6.81. The van der Waals surface area contributed by atoms with E-state index in [0.29, 0.717) is 5.69 Å². The smallest absolute Gasteiger partial charge is 0.272 e. The number of pyridine rings is 2. The Balaban J connectivity index is 1.60. The number of carbonyl (C=O) groups excluding carboxylic acids is 1. The second kappa shape index (κ2) is 13.3. The van der Waals surface area contributed by atoms with E-state index in [0.717, 1.165) is 81.1 Å². The molecule has 3 aromatic rings. The maximum Gasteiger partial charge on any atom is 0.272 e. The summed E-state index contributed by atoms with van der Waals surface area (Å²) in [5.41, 5.74) is 2.94. The van der Waals surface area contributed by atoms with Gasteiger partial charge in [-0.05, 0) is 76.0 Å². The van der Waals surface area contributed by atoms with Crippen molar-refractivity contribution in [2.45, 2.75) is 71.8 Å². The van der Waals surface area contributed by atoms with Crippen molar-refractivity contribution in [3.63, 3.8) is 0 Å². The molecule has 0 aliphatic carbocycles. The molecule has 1 saturated heterocycles. The van der Waals surface area contributed by atoms with Crippen LogP contribution in [-0.2, 0) is 6.54 Å². The number of rotatable bonds is 13. The first-order chi connectivity index (χ1) is 17.7. The van der Waals surface area contributed by atoms with Gasteiger partial charge >= 0.3 is 0 Å². The number of aryl methyl sites for hydroxylation is 1. The summed E-state index contributed by atoms with van der Waals surface area (Å²) < 4.78 is 2.13. The molecule has 0 spiro atoms. The first-order valence-corrected chi connectivity index (χ1v) is 13.8. The third-order valence-electron chi connectivity index (χ3n) is 6.88. The zero-order chi connectivity index (χ0) is 25.2. The highest BCUT2D eigenvalue weighted by atomic mass is 16.2. The van der Waals surface area contributed by atoms with E-state index < -0.39 is 0 Å². The Kier molecular flexibility index (Phi) is 9.67. The highest BCUT2D eigenvalue weighted by Crippen LogP contribution is 2.23. The minimum Gasteiger partial charge on any atom is -0.337 e. The predicted molar refractivity (Wildman–Crippen MR) is 146 cm³/mol. The number of imidazole rings is 1. The number of hydrogen-bond donors (Lipinski definition) is 1. The zero-order valence-electron chi connectivity index (χ0n) is 22.0. The van der Waals surface area contributed by atoms with Crippen LogP contribution in [0.1, 0.15) is 75.7 Å². The maximum absolute atomic E-state index is 13.4. The van der Waals surface area contributed by atoms with E-state index in [9.17, 15) is 4.79 Å². The number of fused-ring (bicyclic) bond motifs is 1. The molecule has 0 atom stereocenters. The Morgan fingerprint density at radius 2 is 1.75 bits per heavy atom. The van der Waals surface area contributed by atoms with Crippen LogP contribution < -0.4 is 5.32 Å². The van der Waals surface area contributed by atoms with E-state index in [1.807, 2.05) is 29.2 Å². The van der Waals surface area contributed by atoms with Gasteiger partial charge in [0.05, 0.1) is 11.9 Å². The fraction of sp³-hybridized carbons (Fsp3) is 0.571. The van der Waals surface area contributed by atoms with Crippen LogP contribution in [0, 0.1) is 0 Å². The highest BCUT2D eigenvalue weighted by Gasteiger charge is 2.20. The third-order valence-corrected chi connectivity index (χ3v) is 6.88. The van der Waals surface area contributed by atoms with Gasteiger partial charge in [0.25, 0.3) is 5.91 Å². The Hall–Kier alpha value is -3.00. The van der Waals surface area contributed by atoms with E-state index in [2.05, 4.69) is 33.6 Å². The number of piperidine rings is 1. The average molecular weight is 492 g/mol. The van der Waals surface area contributed by atoms with Crippen molar-refractivity contribution in [3.8, 4) is 0 Å². The lowest BCUT2D eigenvalue weighted by Crippen LogP contribution is -2.33. The highest BCUT2D eigenvalue weighted by molar-refractivity contribution is 5.94. The average Bonchev–Trinajstić information content (AvgIpc) is 3.25. The summed E-state index contributed by atoms with van der Waals surface area (Å²) in [5.74, 6) is 0.754. The number of carbonyl (C=O) groups is 1. The number of hydrogen-bond acceptors (Lipinski definition) is 6.